The van der Waals surface area contributed by atoms with Crippen molar-refractivity contribution in [3.8, 4) is 0 Å². The van der Waals surface area contributed by atoms with Gasteiger partial charge in [-0.25, -0.2) is 27.0 Å². The number of pyridine rings is 1. The number of ether oxygens (including phenoxy) is 1. The molecular formula is C35H37F2N5O7S. The number of nitrogens with zero attached hydrogens (tertiary/aromatic N) is 2. The van der Waals surface area contributed by atoms with Gasteiger partial charge in [0.2, 0.25) is 5.91 Å². The molecule has 1 aliphatic carbocycles. The number of carbonyl (C=O) groups excluding carboxylic acids is 2. The van der Waals surface area contributed by atoms with Crippen LogP contribution in [-0.2, 0) is 30.7 Å². The molecule has 264 valence electrons. The number of halogens is 2. The number of carbonyl (C=O) groups is 3. The fraction of sp³-hybridized carbons (Fsp3) is 0.314. The number of hydrogen-bond acceptors (Lipinski definition) is 9. The molecule has 50 heavy (non-hydrogen) atoms. The Balaban J connectivity index is 0.00000115. The first-order chi connectivity index (χ1) is 23.6. The lowest BCUT2D eigenvalue weighted by molar-refractivity contribution is -0.134. The number of aromatic nitrogens is 1. The monoisotopic (exact) mass is 709 g/mol. The molecule has 3 heterocycles. The number of fused-ring (bicyclic) bond motifs is 10. The van der Waals surface area contributed by atoms with Crippen LogP contribution >= 0.6 is 0 Å². The number of carboxylic acid groups (broad SMARTS) is 1. The highest BCUT2D eigenvalue weighted by atomic mass is 32.2. The molecule has 7 rings (SSSR count). The van der Waals surface area contributed by atoms with E-state index in [1.165, 1.54) is 30.3 Å². The first-order valence-electron chi connectivity index (χ1n) is 15.7. The van der Waals surface area contributed by atoms with Gasteiger partial charge in [0.1, 0.15) is 28.4 Å². The van der Waals surface area contributed by atoms with E-state index in [1.54, 1.807) is 18.2 Å². The number of aliphatic carboxylic acids is 1. The molecule has 3 aliphatic rings. The molecule has 1 aromatic heterocycles. The van der Waals surface area contributed by atoms with E-state index in [-0.39, 0.29) is 41.5 Å². The Labute approximate surface area is 287 Å². The lowest BCUT2D eigenvalue weighted by Crippen LogP contribution is -2.35. The third-order valence-corrected chi connectivity index (χ3v) is 10.8. The minimum absolute atomic E-state index is 0.00326. The highest BCUT2D eigenvalue weighted by molar-refractivity contribution is 7.92. The van der Waals surface area contributed by atoms with Gasteiger partial charge in [-0.3, -0.25) is 14.9 Å². The molecular weight excluding hydrogens is 672 g/mol. The number of amides is 2. The molecule has 1 saturated carbocycles. The average Bonchev–Trinajstić information content (AvgIpc) is 3.88. The van der Waals surface area contributed by atoms with E-state index < -0.39 is 55.6 Å². The van der Waals surface area contributed by atoms with Crippen LogP contribution < -0.4 is 16.4 Å². The molecule has 0 spiro atoms. The number of anilines is 3. The molecule has 4 bridgehead atoms. The number of carboxylic acids is 1. The number of hydrogen-bond donors (Lipinski definition) is 4. The van der Waals surface area contributed by atoms with E-state index in [9.17, 15) is 18.0 Å². The third kappa shape index (κ3) is 7.77. The van der Waals surface area contributed by atoms with Crippen molar-refractivity contribution in [2.45, 2.75) is 62.3 Å². The summed E-state index contributed by atoms with van der Waals surface area (Å²) < 4.78 is 62.9. The van der Waals surface area contributed by atoms with Crippen molar-refractivity contribution < 1.29 is 41.4 Å². The van der Waals surface area contributed by atoms with Gasteiger partial charge in [0.25, 0.3) is 5.97 Å². The number of sulfone groups is 1. The molecule has 5 N–H and O–H groups in total. The van der Waals surface area contributed by atoms with Crippen LogP contribution in [0.2, 0.25) is 0 Å². The molecule has 3 aromatic carbocycles. The molecule has 12 nitrogen and oxygen atoms in total. The predicted octanol–water partition coefficient (Wildman–Crippen LogP) is 5.91. The van der Waals surface area contributed by atoms with E-state index in [2.05, 4.69) is 15.6 Å². The van der Waals surface area contributed by atoms with Crippen LogP contribution in [0, 0.1) is 18.6 Å². The van der Waals surface area contributed by atoms with Crippen molar-refractivity contribution in [1.82, 2.24) is 9.88 Å². The molecule has 4 aromatic rings. The highest BCUT2D eigenvalue weighted by Crippen LogP contribution is 2.38. The second kappa shape index (κ2) is 14.3. The summed E-state index contributed by atoms with van der Waals surface area (Å²) in [5.41, 5.74) is 8.46. The van der Waals surface area contributed by atoms with Crippen LogP contribution in [0.5, 0.6) is 0 Å². The van der Waals surface area contributed by atoms with Crippen molar-refractivity contribution in [1.29, 1.82) is 0 Å². The van der Waals surface area contributed by atoms with Gasteiger partial charge in [-0.15, -0.1) is 0 Å². The number of nitrogens with two attached hydrogens (primary N) is 1. The lowest BCUT2D eigenvalue weighted by Gasteiger charge is -2.28. The molecule has 2 aliphatic heterocycles. The first-order valence-corrected chi connectivity index (χ1v) is 17.3. The van der Waals surface area contributed by atoms with Crippen LogP contribution in [0.25, 0.3) is 10.8 Å². The maximum absolute atomic E-state index is 15.6. The van der Waals surface area contributed by atoms with Gasteiger partial charge in [0, 0.05) is 44.0 Å². The number of nitrogens with one attached hydrogen (secondary N) is 2. The minimum atomic E-state index is -4.04. The molecule has 15 heteroatoms. The third-order valence-electron chi connectivity index (χ3n) is 8.42. The van der Waals surface area contributed by atoms with E-state index in [1.807, 2.05) is 26.0 Å². The lowest BCUT2D eigenvalue weighted by atomic mass is 9.93. The minimum Gasteiger partial charge on any atom is -0.481 e. The van der Waals surface area contributed by atoms with E-state index in [0.29, 0.717) is 29.5 Å². The highest BCUT2D eigenvalue weighted by Gasteiger charge is 2.40. The van der Waals surface area contributed by atoms with Crippen molar-refractivity contribution in [3.05, 3.63) is 88.6 Å². The van der Waals surface area contributed by atoms with Crippen LogP contribution in [0.3, 0.4) is 0 Å². The second-order valence-electron chi connectivity index (χ2n) is 12.5. The predicted molar refractivity (Wildman–Crippen MR) is 183 cm³/mol. The first kappa shape index (κ1) is 36.0. The summed E-state index contributed by atoms with van der Waals surface area (Å²) in [4.78, 5) is 40.6. The maximum atomic E-state index is 15.6. The summed E-state index contributed by atoms with van der Waals surface area (Å²) in [7, 11) is -2.57. The van der Waals surface area contributed by atoms with E-state index >= 15 is 8.78 Å². The normalized spacial score (nSPS) is 18.2. The molecule has 1 fully saturated rings. The SMILES string of the molecule is CC(=O)O.Cc1cc2ccc1[C@@H](C)COC(=O)Nc1cc(F)c(S(=O)(=O)C3CC3)c(c1)CN(C)C(=O)[C@@H]2Nc1cc(F)c2c(N)nccc2c1. The number of aryl methyl sites for hydroxylation is 1. The molecule has 0 saturated heterocycles. The van der Waals surface area contributed by atoms with E-state index in [0.717, 1.165) is 24.1 Å². The van der Waals surface area contributed by atoms with Crippen LogP contribution in [0.15, 0.2) is 59.6 Å². The van der Waals surface area contributed by atoms with Crippen molar-refractivity contribution in [2.24, 2.45) is 0 Å². The van der Waals surface area contributed by atoms with Gasteiger partial charge in [-0.2, -0.15) is 0 Å². The van der Waals surface area contributed by atoms with Crippen molar-refractivity contribution >= 4 is 55.8 Å². The van der Waals surface area contributed by atoms with Gasteiger partial charge in [-0.05, 0) is 77.7 Å². The van der Waals surface area contributed by atoms with Crippen LogP contribution in [0.4, 0.5) is 30.8 Å². The van der Waals surface area contributed by atoms with Crippen molar-refractivity contribution in [3.63, 3.8) is 0 Å². The molecule has 2 atom stereocenters. The quantitative estimate of drug-likeness (QED) is 0.199. The molecule has 0 radical (unpaired) electrons. The van der Waals surface area contributed by atoms with Gasteiger partial charge < -0.3 is 25.8 Å². The smallest absolute Gasteiger partial charge is 0.411 e. The Bertz CT molecular complexity index is 2100. The Morgan fingerprint density at radius 3 is 2.46 bits per heavy atom. The zero-order valence-corrected chi connectivity index (χ0v) is 28.6. The Hall–Kier alpha value is -5.31. The van der Waals surface area contributed by atoms with E-state index in [4.69, 9.17) is 20.4 Å². The largest absolute Gasteiger partial charge is 0.481 e. The topological polar surface area (TPSA) is 181 Å². The maximum Gasteiger partial charge on any atom is 0.411 e. The summed E-state index contributed by atoms with van der Waals surface area (Å²) in [6.07, 6.45) is 1.45. The zero-order valence-electron chi connectivity index (χ0n) is 27.8. The Morgan fingerprint density at radius 1 is 1.10 bits per heavy atom. The van der Waals surface area contributed by atoms with Gasteiger partial charge in [0.05, 0.1) is 17.2 Å². The standard InChI is InChI=1S/C33H33F2N5O5S.C2H4O2/c1-17-10-20-4-7-25(17)18(2)16-45-33(42)39-23-12-21(30(27(35)14-23)46(43,44)24-5-6-24)15-40(3)32(41)29(20)38-22-11-19-8-9-37-31(36)28(19)26(34)13-22;1-2(3)4/h4,7-14,18,24,29,38H,5-6,15-16H2,1-3H3,(H2,36,37)(H,39,42);1H3,(H,3,4)/t18-,29+;/m0./s1. The summed E-state index contributed by atoms with van der Waals surface area (Å²) in [6, 6.07) is 11.2. The molecule has 2 amide bonds. The fourth-order valence-corrected chi connectivity index (χ4v) is 7.87. The average molecular weight is 710 g/mol. The van der Waals surface area contributed by atoms with Crippen molar-refractivity contribution in [2.75, 3.05) is 30.0 Å². The molecule has 0 unspecified atom stereocenters. The fourth-order valence-electron chi connectivity index (χ4n) is 5.96. The van der Waals surface area contributed by atoms with Crippen LogP contribution in [-0.4, -0.2) is 60.3 Å². The second-order valence-corrected chi connectivity index (χ2v) is 14.6. The zero-order chi connectivity index (χ0) is 36.5. The number of benzene rings is 3. The van der Waals surface area contributed by atoms with Gasteiger partial charge in [-0.1, -0.05) is 25.1 Å². The summed E-state index contributed by atoms with van der Waals surface area (Å²) in [5, 5.41) is 13.0. The Kier molecular flexibility index (Phi) is 10.3. The number of rotatable bonds is 4. The Morgan fingerprint density at radius 2 is 1.80 bits per heavy atom. The van der Waals surface area contributed by atoms with Gasteiger partial charge in [0.15, 0.2) is 9.84 Å². The number of likely N-dealkylation sites (N-methyl/N-ethyl adjacent to an activating group) is 1. The summed E-state index contributed by atoms with van der Waals surface area (Å²) in [6.45, 7) is 4.54. The summed E-state index contributed by atoms with van der Waals surface area (Å²) in [5.74, 6) is -3.17. The number of nitrogen functional groups attached to an aromatic ring is 1. The summed E-state index contributed by atoms with van der Waals surface area (Å²) >= 11 is 0. The van der Waals surface area contributed by atoms with Gasteiger partial charge >= 0.3 is 6.09 Å². The van der Waals surface area contributed by atoms with Crippen LogP contribution in [0.1, 0.15) is 60.9 Å².